The number of carbonyl (C=O) groups excluding carboxylic acids is 1. The van der Waals surface area contributed by atoms with Gasteiger partial charge in [0.2, 0.25) is 0 Å². The van der Waals surface area contributed by atoms with Gasteiger partial charge in [0, 0.05) is 0 Å². The zero-order valence-electron chi connectivity index (χ0n) is 18.4. The molecule has 6 nitrogen and oxygen atoms in total. The lowest BCUT2D eigenvalue weighted by atomic mass is 9.95. The second kappa shape index (κ2) is 8.96. The fraction of sp³-hybridized carbons (Fsp3) is 0.240. The average Bonchev–Trinajstić information content (AvgIpc) is 3.08. The normalized spacial score (nSPS) is 15.9. The summed E-state index contributed by atoms with van der Waals surface area (Å²) in [6.07, 6.45) is 1.82. The molecule has 0 bridgehead atoms. The summed E-state index contributed by atoms with van der Waals surface area (Å²) in [7, 11) is 1.61. The fourth-order valence-corrected chi connectivity index (χ4v) is 4.78. The molecule has 2 heterocycles. The van der Waals surface area contributed by atoms with Crippen molar-refractivity contribution in [3.63, 3.8) is 0 Å². The van der Waals surface area contributed by atoms with Gasteiger partial charge in [-0.05, 0) is 50.1 Å². The molecule has 0 saturated carbocycles. The maximum atomic E-state index is 13.5. The molecule has 1 aromatic heterocycles. The number of hydrogen-bond acceptors (Lipinski definition) is 6. The van der Waals surface area contributed by atoms with Crippen LogP contribution in [-0.2, 0) is 9.53 Å². The van der Waals surface area contributed by atoms with Gasteiger partial charge >= 0.3 is 5.97 Å². The quantitative estimate of drug-likeness (QED) is 0.563. The van der Waals surface area contributed by atoms with Crippen LogP contribution in [0.5, 0.6) is 5.75 Å². The van der Waals surface area contributed by atoms with E-state index in [1.54, 1.807) is 25.5 Å². The van der Waals surface area contributed by atoms with Crippen LogP contribution in [0.15, 0.2) is 69.6 Å². The molecular formula is C25H24N2O4S. The van der Waals surface area contributed by atoms with Crippen molar-refractivity contribution in [1.82, 2.24) is 4.57 Å². The third-order valence-corrected chi connectivity index (χ3v) is 6.28. The molecule has 1 unspecified atom stereocenters. The van der Waals surface area contributed by atoms with E-state index in [0.29, 0.717) is 26.4 Å². The summed E-state index contributed by atoms with van der Waals surface area (Å²) in [6.45, 7) is 5.79. The summed E-state index contributed by atoms with van der Waals surface area (Å²) in [4.78, 5) is 31.6. The zero-order chi connectivity index (χ0) is 22.8. The molecule has 32 heavy (non-hydrogen) atoms. The van der Waals surface area contributed by atoms with Gasteiger partial charge in [0.05, 0.1) is 35.6 Å². The van der Waals surface area contributed by atoms with Gasteiger partial charge in [-0.1, -0.05) is 53.3 Å². The van der Waals surface area contributed by atoms with E-state index in [0.717, 1.165) is 16.7 Å². The van der Waals surface area contributed by atoms with Crippen molar-refractivity contribution in [1.29, 1.82) is 0 Å². The monoisotopic (exact) mass is 448 g/mol. The molecule has 0 saturated heterocycles. The fourth-order valence-electron chi connectivity index (χ4n) is 3.74. The summed E-state index contributed by atoms with van der Waals surface area (Å²) >= 11 is 1.30. The number of esters is 1. The van der Waals surface area contributed by atoms with Gasteiger partial charge < -0.3 is 9.47 Å². The Morgan fingerprint density at radius 2 is 1.94 bits per heavy atom. The Balaban J connectivity index is 1.94. The highest BCUT2D eigenvalue weighted by Gasteiger charge is 2.33. The molecule has 1 aliphatic heterocycles. The predicted octanol–water partition coefficient (Wildman–Crippen LogP) is 3.12. The molecule has 164 valence electrons. The molecule has 1 aliphatic rings. The Morgan fingerprint density at radius 1 is 1.19 bits per heavy atom. The molecular weight excluding hydrogens is 424 g/mol. The maximum Gasteiger partial charge on any atom is 0.338 e. The van der Waals surface area contributed by atoms with E-state index >= 15 is 0 Å². The average molecular weight is 449 g/mol. The third-order valence-electron chi connectivity index (χ3n) is 5.30. The molecule has 0 radical (unpaired) electrons. The summed E-state index contributed by atoms with van der Waals surface area (Å²) in [5.41, 5.74) is 3.53. The molecule has 0 N–H and O–H groups in total. The van der Waals surface area contributed by atoms with E-state index < -0.39 is 12.0 Å². The van der Waals surface area contributed by atoms with Gasteiger partial charge in [0.1, 0.15) is 5.75 Å². The lowest BCUT2D eigenvalue weighted by Crippen LogP contribution is -2.39. The number of carbonyl (C=O) groups is 1. The molecule has 0 fully saturated rings. The minimum Gasteiger partial charge on any atom is -0.497 e. The van der Waals surface area contributed by atoms with Crippen molar-refractivity contribution in [3.8, 4) is 5.75 Å². The number of ether oxygens (including phenoxy) is 2. The Labute approximate surface area is 189 Å². The number of aryl methyl sites for hydroxylation is 1. The van der Waals surface area contributed by atoms with Crippen molar-refractivity contribution in [2.24, 2.45) is 4.99 Å². The Hall–Kier alpha value is -3.45. The second-order valence-electron chi connectivity index (χ2n) is 7.49. The van der Waals surface area contributed by atoms with Crippen LogP contribution in [0.25, 0.3) is 6.08 Å². The van der Waals surface area contributed by atoms with E-state index in [9.17, 15) is 9.59 Å². The van der Waals surface area contributed by atoms with Crippen LogP contribution in [0.2, 0.25) is 0 Å². The number of nitrogens with zero attached hydrogens (tertiary/aromatic N) is 2. The number of aromatic nitrogens is 1. The second-order valence-corrected chi connectivity index (χ2v) is 8.50. The standard InChI is InChI=1S/C25H24N2O4S/c1-5-31-24(29)21-16(3)26-25-27(22(21)18-11-9-15(2)10-12-18)23(28)20(32-25)14-17-7-6-8-19(13-17)30-4/h6-14,22H,5H2,1-4H3/b20-14-. The van der Waals surface area contributed by atoms with Gasteiger partial charge in [-0.3, -0.25) is 9.36 Å². The molecule has 2 aromatic carbocycles. The molecule has 0 aliphatic carbocycles. The van der Waals surface area contributed by atoms with E-state index in [-0.39, 0.29) is 12.2 Å². The Morgan fingerprint density at radius 3 is 2.62 bits per heavy atom. The maximum absolute atomic E-state index is 13.5. The lowest BCUT2D eigenvalue weighted by molar-refractivity contribution is -0.139. The van der Waals surface area contributed by atoms with Gasteiger partial charge in [0.15, 0.2) is 4.80 Å². The lowest BCUT2D eigenvalue weighted by Gasteiger charge is -2.24. The first-order chi connectivity index (χ1) is 15.4. The smallest absolute Gasteiger partial charge is 0.338 e. The van der Waals surface area contributed by atoms with Crippen LogP contribution >= 0.6 is 11.3 Å². The van der Waals surface area contributed by atoms with Crippen LogP contribution in [0.1, 0.15) is 36.6 Å². The van der Waals surface area contributed by atoms with Crippen LogP contribution in [0.4, 0.5) is 0 Å². The van der Waals surface area contributed by atoms with Crippen LogP contribution in [0.3, 0.4) is 0 Å². The molecule has 4 rings (SSSR count). The topological polar surface area (TPSA) is 69.9 Å². The van der Waals surface area contributed by atoms with Crippen molar-refractivity contribution >= 4 is 23.4 Å². The summed E-state index contributed by atoms with van der Waals surface area (Å²) in [5, 5.41) is 0. The Bertz CT molecular complexity index is 1380. The number of methoxy groups -OCH3 is 1. The number of benzene rings is 2. The van der Waals surface area contributed by atoms with Gasteiger partial charge in [-0.2, -0.15) is 0 Å². The largest absolute Gasteiger partial charge is 0.497 e. The van der Waals surface area contributed by atoms with Gasteiger partial charge in [-0.15, -0.1) is 0 Å². The zero-order valence-corrected chi connectivity index (χ0v) is 19.2. The Kier molecular flexibility index (Phi) is 6.10. The summed E-state index contributed by atoms with van der Waals surface area (Å²) in [6, 6.07) is 14.7. The number of hydrogen-bond donors (Lipinski definition) is 0. The van der Waals surface area contributed by atoms with Crippen molar-refractivity contribution in [2.75, 3.05) is 13.7 Å². The van der Waals surface area contributed by atoms with Crippen LogP contribution in [-0.4, -0.2) is 24.3 Å². The minimum absolute atomic E-state index is 0.198. The minimum atomic E-state index is -0.599. The van der Waals surface area contributed by atoms with E-state index in [2.05, 4.69) is 4.99 Å². The number of thiazole rings is 1. The third kappa shape index (κ3) is 4.03. The first-order valence-electron chi connectivity index (χ1n) is 10.3. The first-order valence-corrected chi connectivity index (χ1v) is 11.1. The predicted molar refractivity (Wildman–Crippen MR) is 125 cm³/mol. The van der Waals surface area contributed by atoms with Crippen molar-refractivity contribution in [2.45, 2.75) is 26.8 Å². The van der Waals surface area contributed by atoms with Crippen LogP contribution < -0.4 is 19.6 Å². The highest BCUT2D eigenvalue weighted by atomic mass is 32.1. The number of fused-ring (bicyclic) bond motifs is 1. The van der Waals surface area contributed by atoms with Crippen molar-refractivity contribution in [3.05, 3.63) is 96.2 Å². The summed E-state index contributed by atoms with van der Waals surface area (Å²) in [5.74, 6) is 0.255. The van der Waals surface area contributed by atoms with E-state index in [1.165, 1.54) is 11.3 Å². The SMILES string of the molecule is CCOC(=O)C1=C(C)N=c2s/c(=C\c3cccc(OC)c3)c(=O)n2C1c1ccc(C)cc1. The number of allylic oxidation sites excluding steroid dienone is 1. The molecule has 3 aromatic rings. The van der Waals surface area contributed by atoms with E-state index in [1.807, 2.05) is 61.5 Å². The molecule has 0 amide bonds. The van der Waals surface area contributed by atoms with Crippen molar-refractivity contribution < 1.29 is 14.3 Å². The van der Waals surface area contributed by atoms with Gasteiger partial charge in [0.25, 0.3) is 5.56 Å². The first kappa shape index (κ1) is 21.8. The summed E-state index contributed by atoms with van der Waals surface area (Å²) < 4.78 is 12.7. The number of rotatable bonds is 5. The molecule has 7 heteroatoms. The van der Waals surface area contributed by atoms with Crippen LogP contribution in [0, 0.1) is 6.92 Å². The van der Waals surface area contributed by atoms with Gasteiger partial charge in [-0.25, -0.2) is 9.79 Å². The highest BCUT2D eigenvalue weighted by molar-refractivity contribution is 7.07. The molecule has 0 spiro atoms. The molecule has 1 atom stereocenters. The highest BCUT2D eigenvalue weighted by Crippen LogP contribution is 2.30. The van der Waals surface area contributed by atoms with E-state index in [4.69, 9.17) is 9.47 Å².